The van der Waals surface area contributed by atoms with E-state index in [2.05, 4.69) is 36.8 Å². The van der Waals surface area contributed by atoms with E-state index in [1.165, 1.54) is 0 Å². The van der Waals surface area contributed by atoms with E-state index in [-0.39, 0.29) is 12.0 Å². The van der Waals surface area contributed by atoms with Crippen molar-refractivity contribution in [2.45, 2.75) is 26.3 Å². The summed E-state index contributed by atoms with van der Waals surface area (Å²) >= 11 is 5.95. The van der Waals surface area contributed by atoms with Gasteiger partial charge in [-0.2, -0.15) is 9.97 Å². The van der Waals surface area contributed by atoms with Crippen molar-refractivity contribution < 1.29 is 4.52 Å². The van der Waals surface area contributed by atoms with Crippen LogP contribution in [-0.4, -0.2) is 51.2 Å². The molecule has 23 heavy (non-hydrogen) atoms. The molecule has 0 amide bonds. The molecule has 0 radical (unpaired) electrons. The number of nitrogens with two attached hydrogens (primary N) is 1. The second kappa shape index (κ2) is 6.67. The average molecular weight is 338 g/mol. The number of halogens is 1. The van der Waals surface area contributed by atoms with E-state index in [1.807, 2.05) is 6.92 Å². The van der Waals surface area contributed by atoms with Gasteiger partial charge in [0.25, 0.3) is 0 Å². The fourth-order valence-corrected chi connectivity index (χ4v) is 2.84. The van der Waals surface area contributed by atoms with Gasteiger partial charge in [-0.25, -0.2) is 4.98 Å². The van der Waals surface area contributed by atoms with E-state index in [9.17, 15) is 0 Å². The first-order chi connectivity index (χ1) is 11.1. The molecular weight excluding hydrogens is 318 g/mol. The van der Waals surface area contributed by atoms with Crippen molar-refractivity contribution in [2.75, 3.05) is 36.8 Å². The van der Waals surface area contributed by atoms with Gasteiger partial charge in [0.05, 0.1) is 6.04 Å². The Labute approximate surface area is 139 Å². The number of aryl methyl sites for hydroxylation is 1. The molecule has 1 aliphatic heterocycles. The number of anilines is 2. The van der Waals surface area contributed by atoms with E-state index < -0.39 is 0 Å². The fraction of sp³-hybridized carbons (Fsp3) is 0.571. The molecule has 9 heteroatoms. The Morgan fingerprint density at radius 2 is 2.00 bits per heavy atom. The highest BCUT2D eigenvalue weighted by Crippen LogP contribution is 2.23. The van der Waals surface area contributed by atoms with Gasteiger partial charge in [0.1, 0.15) is 11.0 Å². The lowest BCUT2D eigenvalue weighted by atomic mass is 10.2. The van der Waals surface area contributed by atoms with Crippen molar-refractivity contribution in [3.8, 4) is 0 Å². The highest BCUT2D eigenvalue weighted by atomic mass is 35.5. The lowest BCUT2D eigenvalue weighted by molar-refractivity contribution is 0.164. The molecule has 0 aromatic carbocycles. The zero-order chi connectivity index (χ0) is 16.4. The van der Waals surface area contributed by atoms with Crippen LogP contribution in [0.5, 0.6) is 0 Å². The molecule has 0 spiro atoms. The van der Waals surface area contributed by atoms with Crippen molar-refractivity contribution in [1.82, 2.24) is 25.0 Å². The molecule has 3 rings (SSSR count). The SMILES string of the molecule is CCc1noc([C@H](C)N2CCN(c3cc(Cl)nc(N)n3)CC2)n1. The summed E-state index contributed by atoms with van der Waals surface area (Å²) < 4.78 is 5.34. The summed E-state index contributed by atoms with van der Waals surface area (Å²) in [5, 5.41) is 4.33. The predicted molar refractivity (Wildman–Crippen MR) is 87.3 cm³/mol. The normalized spacial score (nSPS) is 17.4. The third-order valence-electron chi connectivity index (χ3n) is 4.04. The summed E-state index contributed by atoms with van der Waals surface area (Å²) in [7, 11) is 0. The van der Waals surface area contributed by atoms with Crippen LogP contribution in [-0.2, 0) is 6.42 Å². The maximum Gasteiger partial charge on any atom is 0.243 e. The molecule has 2 aromatic rings. The molecule has 0 aliphatic carbocycles. The molecule has 1 fully saturated rings. The number of hydrogen-bond donors (Lipinski definition) is 1. The molecule has 2 aromatic heterocycles. The molecule has 0 saturated carbocycles. The summed E-state index contributed by atoms with van der Waals surface area (Å²) in [5.41, 5.74) is 5.66. The van der Waals surface area contributed by atoms with Crippen molar-refractivity contribution in [1.29, 1.82) is 0 Å². The summed E-state index contributed by atoms with van der Waals surface area (Å²) in [6.07, 6.45) is 0.778. The van der Waals surface area contributed by atoms with Crippen LogP contribution in [0.2, 0.25) is 5.15 Å². The van der Waals surface area contributed by atoms with Crippen LogP contribution in [0.15, 0.2) is 10.6 Å². The average Bonchev–Trinajstić information content (AvgIpc) is 3.02. The van der Waals surface area contributed by atoms with Crippen molar-refractivity contribution in [2.24, 2.45) is 0 Å². The predicted octanol–water partition coefficient (Wildman–Crippen LogP) is 1.54. The summed E-state index contributed by atoms with van der Waals surface area (Å²) in [5.74, 6) is 2.38. The molecular formula is C14H20ClN7O. The van der Waals surface area contributed by atoms with E-state index in [1.54, 1.807) is 6.07 Å². The largest absolute Gasteiger partial charge is 0.368 e. The van der Waals surface area contributed by atoms with E-state index in [4.69, 9.17) is 21.9 Å². The third-order valence-corrected chi connectivity index (χ3v) is 4.24. The zero-order valence-electron chi connectivity index (χ0n) is 13.2. The molecule has 1 atom stereocenters. The van der Waals surface area contributed by atoms with Crippen molar-refractivity contribution in [3.63, 3.8) is 0 Å². The maximum absolute atomic E-state index is 5.95. The number of aromatic nitrogens is 4. The Hall–Kier alpha value is -1.93. The lowest BCUT2D eigenvalue weighted by Gasteiger charge is -2.37. The number of piperazine rings is 1. The Bertz CT molecular complexity index is 649. The van der Waals surface area contributed by atoms with Gasteiger partial charge in [-0.05, 0) is 6.92 Å². The first kappa shape index (κ1) is 15.9. The third kappa shape index (κ3) is 3.53. The quantitative estimate of drug-likeness (QED) is 0.839. The molecule has 124 valence electrons. The van der Waals surface area contributed by atoms with Gasteiger partial charge in [-0.1, -0.05) is 23.7 Å². The molecule has 2 N–H and O–H groups in total. The first-order valence-corrected chi connectivity index (χ1v) is 8.06. The highest BCUT2D eigenvalue weighted by Gasteiger charge is 2.26. The summed E-state index contributed by atoms with van der Waals surface area (Å²) in [4.78, 5) is 17.0. The van der Waals surface area contributed by atoms with E-state index in [0.29, 0.717) is 11.0 Å². The Morgan fingerprint density at radius 1 is 1.26 bits per heavy atom. The topological polar surface area (TPSA) is 97.2 Å². The summed E-state index contributed by atoms with van der Waals surface area (Å²) in [6, 6.07) is 1.84. The van der Waals surface area contributed by atoms with E-state index in [0.717, 1.165) is 44.2 Å². The standard InChI is InChI=1S/C14H20ClN7O/c1-3-11-18-13(23-20-11)9(2)21-4-6-22(7-5-21)12-8-10(15)17-14(16)19-12/h8-9H,3-7H2,1-2H3,(H2,16,17,19)/t9-/m0/s1. The van der Waals surface area contributed by atoms with Crippen LogP contribution in [0.4, 0.5) is 11.8 Å². The van der Waals surface area contributed by atoms with Crippen LogP contribution in [0.3, 0.4) is 0 Å². The van der Waals surface area contributed by atoms with Gasteiger partial charge in [0.2, 0.25) is 11.8 Å². The minimum absolute atomic E-state index is 0.101. The van der Waals surface area contributed by atoms with Gasteiger partial charge >= 0.3 is 0 Å². The molecule has 0 bridgehead atoms. The van der Waals surface area contributed by atoms with Crippen molar-refractivity contribution >= 4 is 23.4 Å². The Balaban J connectivity index is 1.63. The van der Waals surface area contributed by atoms with Gasteiger partial charge in [-0.15, -0.1) is 0 Å². The summed E-state index contributed by atoms with van der Waals surface area (Å²) in [6.45, 7) is 7.48. The first-order valence-electron chi connectivity index (χ1n) is 7.68. The maximum atomic E-state index is 5.95. The van der Waals surface area contributed by atoms with Gasteiger partial charge in [0, 0.05) is 38.7 Å². The molecule has 1 aliphatic rings. The van der Waals surface area contributed by atoms with Crippen LogP contribution < -0.4 is 10.6 Å². The number of rotatable bonds is 4. The zero-order valence-corrected chi connectivity index (χ0v) is 14.0. The van der Waals surface area contributed by atoms with Crippen LogP contribution >= 0.6 is 11.6 Å². The minimum atomic E-state index is 0.101. The smallest absolute Gasteiger partial charge is 0.243 e. The minimum Gasteiger partial charge on any atom is -0.368 e. The lowest BCUT2D eigenvalue weighted by Crippen LogP contribution is -2.47. The Kier molecular flexibility index (Phi) is 4.63. The molecule has 3 heterocycles. The monoisotopic (exact) mass is 337 g/mol. The number of nitrogen functional groups attached to an aromatic ring is 1. The van der Waals surface area contributed by atoms with Gasteiger partial charge in [-0.3, -0.25) is 4.90 Å². The second-order valence-electron chi connectivity index (χ2n) is 5.51. The van der Waals surface area contributed by atoms with Crippen LogP contribution in [0, 0.1) is 0 Å². The second-order valence-corrected chi connectivity index (χ2v) is 5.90. The van der Waals surface area contributed by atoms with E-state index >= 15 is 0 Å². The molecule has 1 saturated heterocycles. The molecule has 8 nitrogen and oxygen atoms in total. The van der Waals surface area contributed by atoms with Crippen molar-refractivity contribution in [3.05, 3.63) is 22.9 Å². The van der Waals surface area contributed by atoms with Crippen LogP contribution in [0.25, 0.3) is 0 Å². The van der Waals surface area contributed by atoms with Gasteiger partial charge < -0.3 is 15.2 Å². The van der Waals surface area contributed by atoms with Gasteiger partial charge in [0.15, 0.2) is 5.82 Å². The highest BCUT2D eigenvalue weighted by molar-refractivity contribution is 6.29. The molecule has 0 unspecified atom stereocenters. The fourth-order valence-electron chi connectivity index (χ4n) is 2.66. The number of hydrogen-bond acceptors (Lipinski definition) is 8. The Morgan fingerprint density at radius 3 is 2.61 bits per heavy atom. The number of nitrogens with zero attached hydrogens (tertiary/aromatic N) is 6. The van der Waals surface area contributed by atoms with Crippen LogP contribution in [0.1, 0.15) is 31.6 Å².